The highest BCUT2D eigenvalue weighted by molar-refractivity contribution is 5.97. The van der Waals surface area contributed by atoms with E-state index < -0.39 is 23.9 Å². The van der Waals surface area contributed by atoms with Gasteiger partial charge in [0.1, 0.15) is 6.33 Å². The van der Waals surface area contributed by atoms with Crippen LogP contribution in [0.4, 0.5) is 36.4 Å². The van der Waals surface area contributed by atoms with Gasteiger partial charge in [-0.15, -0.1) is 5.10 Å². The molecule has 2 rings (SSSR count). The van der Waals surface area contributed by atoms with E-state index in [0.29, 0.717) is 24.9 Å². The van der Waals surface area contributed by atoms with Gasteiger partial charge in [-0.05, 0) is 41.0 Å². The third-order valence-corrected chi connectivity index (χ3v) is 3.49. The number of aromatic nitrogens is 4. The number of carbonyl (C=O) groups excluding carboxylic acids is 1. The van der Waals surface area contributed by atoms with E-state index in [2.05, 4.69) is 15.5 Å². The Morgan fingerprint density at radius 2 is 1.67 bits per heavy atom. The highest BCUT2D eigenvalue weighted by Crippen LogP contribution is 2.46. The van der Waals surface area contributed by atoms with Crippen LogP contribution in [-0.2, 0) is 17.8 Å². The van der Waals surface area contributed by atoms with Crippen molar-refractivity contribution in [1.82, 2.24) is 20.2 Å². The SMILES string of the molecule is O=C(Nc1ccc(CCCn2cnnn2)cc1)C(F)(F)C(F)(F)C(F)(F)F. The summed E-state index contributed by atoms with van der Waals surface area (Å²) in [7, 11) is 0. The number of anilines is 1. The van der Waals surface area contributed by atoms with E-state index in [1.165, 1.54) is 28.5 Å². The van der Waals surface area contributed by atoms with Crippen LogP contribution < -0.4 is 5.32 Å². The average molecular weight is 399 g/mol. The van der Waals surface area contributed by atoms with Crippen LogP contribution in [0, 0.1) is 0 Å². The van der Waals surface area contributed by atoms with Gasteiger partial charge in [-0.25, -0.2) is 4.68 Å². The number of tetrazole rings is 1. The lowest BCUT2D eigenvalue weighted by Crippen LogP contribution is -2.57. The number of hydrogen-bond donors (Lipinski definition) is 1. The van der Waals surface area contributed by atoms with Crippen molar-refractivity contribution in [2.75, 3.05) is 5.32 Å². The first kappa shape index (κ1) is 20.6. The molecule has 27 heavy (non-hydrogen) atoms. The van der Waals surface area contributed by atoms with Crippen molar-refractivity contribution >= 4 is 11.6 Å². The van der Waals surface area contributed by atoms with Crippen LogP contribution in [0.5, 0.6) is 0 Å². The fourth-order valence-corrected chi connectivity index (χ4v) is 2.01. The molecular formula is C14H12F7N5O. The molecule has 0 fully saturated rings. The Labute approximate surface area is 147 Å². The quantitative estimate of drug-likeness (QED) is 0.727. The lowest BCUT2D eigenvalue weighted by atomic mass is 10.1. The Bertz CT molecular complexity index is 759. The molecular weight excluding hydrogens is 387 g/mol. The number of halogens is 7. The van der Waals surface area contributed by atoms with Crippen LogP contribution in [0.15, 0.2) is 30.6 Å². The summed E-state index contributed by atoms with van der Waals surface area (Å²) in [5.41, 5.74) is 0.371. The molecule has 6 nitrogen and oxygen atoms in total. The molecule has 0 aliphatic heterocycles. The van der Waals surface area contributed by atoms with Gasteiger partial charge < -0.3 is 5.32 Å². The van der Waals surface area contributed by atoms with Crippen molar-refractivity contribution in [2.24, 2.45) is 0 Å². The number of rotatable bonds is 7. The monoisotopic (exact) mass is 399 g/mol. The van der Waals surface area contributed by atoms with Crippen molar-refractivity contribution in [3.8, 4) is 0 Å². The van der Waals surface area contributed by atoms with E-state index in [-0.39, 0.29) is 5.69 Å². The van der Waals surface area contributed by atoms with Crippen LogP contribution in [0.25, 0.3) is 0 Å². The molecule has 1 aromatic heterocycles. The van der Waals surface area contributed by atoms with Crippen LogP contribution >= 0.6 is 0 Å². The first-order chi connectivity index (χ1) is 12.4. The maximum absolute atomic E-state index is 13.3. The number of hydrogen-bond acceptors (Lipinski definition) is 4. The molecule has 1 amide bonds. The third-order valence-electron chi connectivity index (χ3n) is 3.49. The summed E-state index contributed by atoms with van der Waals surface area (Å²) in [6.45, 7) is 0.504. The minimum absolute atomic E-state index is 0.345. The summed E-state index contributed by atoms with van der Waals surface area (Å²) in [5, 5.41) is 11.9. The molecule has 0 aliphatic carbocycles. The molecule has 0 aliphatic rings. The normalized spacial score (nSPS) is 12.9. The number of amides is 1. The number of benzene rings is 1. The predicted molar refractivity (Wildman–Crippen MR) is 77.2 cm³/mol. The molecule has 1 heterocycles. The molecule has 1 aromatic carbocycles. The number of nitrogens with one attached hydrogen (secondary N) is 1. The van der Waals surface area contributed by atoms with Gasteiger partial charge in [-0.2, -0.15) is 30.7 Å². The van der Waals surface area contributed by atoms with Crippen molar-refractivity contribution in [3.63, 3.8) is 0 Å². The molecule has 0 unspecified atom stereocenters. The van der Waals surface area contributed by atoms with E-state index in [4.69, 9.17) is 0 Å². The summed E-state index contributed by atoms with van der Waals surface area (Å²) in [4.78, 5) is 11.3. The van der Waals surface area contributed by atoms with Gasteiger partial charge in [0.15, 0.2) is 0 Å². The Kier molecular flexibility index (Phi) is 5.70. The minimum Gasteiger partial charge on any atom is -0.321 e. The second kappa shape index (κ2) is 7.48. The zero-order valence-corrected chi connectivity index (χ0v) is 13.4. The molecule has 1 N–H and O–H groups in total. The van der Waals surface area contributed by atoms with E-state index in [1.807, 2.05) is 0 Å². The molecule has 0 saturated heterocycles. The first-order valence-electron chi connectivity index (χ1n) is 7.38. The molecule has 0 atom stereocenters. The second-order valence-electron chi connectivity index (χ2n) is 5.47. The fourth-order valence-electron chi connectivity index (χ4n) is 2.01. The van der Waals surface area contributed by atoms with Crippen LogP contribution in [-0.4, -0.2) is 44.1 Å². The summed E-state index contributed by atoms with van der Waals surface area (Å²) >= 11 is 0. The highest BCUT2D eigenvalue weighted by atomic mass is 19.4. The first-order valence-corrected chi connectivity index (χ1v) is 7.38. The van der Waals surface area contributed by atoms with E-state index in [1.54, 1.807) is 0 Å². The maximum atomic E-state index is 13.3. The molecule has 0 spiro atoms. The summed E-state index contributed by atoms with van der Waals surface area (Å²) in [5.74, 6) is -15.2. The van der Waals surface area contributed by atoms with Crippen LogP contribution in [0.2, 0.25) is 0 Å². The molecule has 0 radical (unpaired) electrons. The number of carbonyl (C=O) groups is 1. The second-order valence-corrected chi connectivity index (χ2v) is 5.47. The highest BCUT2D eigenvalue weighted by Gasteiger charge is 2.76. The number of aryl methyl sites for hydroxylation is 2. The van der Waals surface area contributed by atoms with Gasteiger partial charge in [-0.1, -0.05) is 12.1 Å². The van der Waals surface area contributed by atoms with E-state index >= 15 is 0 Å². The van der Waals surface area contributed by atoms with Crippen molar-refractivity contribution < 1.29 is 35.5 Å². The van der Waals surface area contributed by atoms with Gasteiger partial charge in [0.2, 0.25) is 0 Å². The Balaban J connectivity index is 1.96. The van der Waals surface area contributed by atoms with Crippen molar-refractivity contribution in [1.29, 1.82) is 0 Å². The predicted octanol–water partition coefficient (Wildman–Crippen LogP) is 3.08. The molecule has 2 aromatic rings. The number of alkyl halides is 7. The zero-order chi connectivity index (χ0) is 20.3. The molecule has 148 valence electrons. The molecule has 0 saturated carbocycles. The van der Waals surface area contributed by atoms with Crippen molar-refractivity contribution in [2.45, 2.75) is 37.4 Å². The lowest BCUT2D eigenvalue weighted by Gasteiger charge is -2.27. The Hall–Kier alpha value is -2.73. The smallest absolute Gasteiger partial charge is 0.321 e. The summed E-state index contributed by atoms with van der Waals surface area (Å²) in [6, 6.07) is 5.06. The summed E-state index contributed by atoms with van der Waals surface area (Å²) < 4.78 is 89.9. The fraction of sp³-hybridized carbons (Fsp3) is 0.429. The Morgan fingerprint density at radius 3 is 2.19 bits per heavy atom. The van der Waals surface area contributed by atoms with E-state index in [0.717, 1.165) is 12.1 Å². The van der Waals surface area contributed by atoms with Gasteiger partial charge in [-0.3, -0.25) is 4.79 Å². The van der Waals surface area contributed by atoms with E-state index in [9.17, 15) is 35.5 Å². The summed E-state index contributed by atoms with van der Waals surface area (Å²) in [6.07, 6.45) is -4.02. The van der Waals surface area contributed by atoms with Gasteiger partial charge in [0, 0.05) is 12.2 Å². The van der Waals surface area contributed by atoms with Gasteiger partial charge in [0.05, 0.1) is 0 Å². The minimum atomic E-state index is -6.57. The van der Waals surface area contributed by atoms with Gasteiger partial charge in [0.25, 0.3) is 0 Å². The van der Waals surface area contributed by atoms with Crippen LogP contribution in [0.1, 0.15) is 12.0 Å². The zero-order valence-electron chi connectivity index (χ0n) is 13.4. The maximum Gasteiger partial charge on any atom is 0.460 e. The largest absolute Gasteiger partial charge is 0.460 e. The van der Waals surface area contributed by atoms with Crippen LogP contribution in [0.3, 0.4) is 0 Å². The average Bonchev–Trinajstić information content (AvgIpc) is 3.08. The molecule has 0 bridgehead atoms. The Morgan fingerprint density at radius 1 is 1.04 bits per heavy atom. The van der Waals surface area contributed by atoms with Gasteiger partial charge >= 0.3 is 23.9 Å². The lowest BCUT2D eigenvalue weighted by molar-refractivity contribution is -0.343. The standard InChI is InChI=1S/C14H12F7N5O/c15-12(16,13(17,18)14(19,20)21)11(27)23-10-5-3-9(4-6-10)2-1-7-26-8-22-24-25-26/h3-6,8H,1-2,7H2,(H,23,27). The third kappa shape index (κ3) is 4.52. The topological polar surface area (TPSA) is 72.7 Å². The number of nitrogens with zero attached hydrogens (tertiary/aromatic N) is 4. The van der Waals surface area contributed by atoms with Crippen molar-refractivity contribution in [3.05, 3.63) is 36.2 Å². The molecule has 13 heteroatoms.